The van der Waals surface area contributed by atoms with Gasteiger partial charge in [-0.05, 0) is 6.42 Å². The van der Waals surface area contributed by atoms with E-state index in [0.717, 1.165) is 0 Å². The van der Waals surface area contributed by atoms with Gasteiger partial charge < -0.3 is 15.2 Å². The average Bonchev–Trinajstić information content (AvgIpc) is 2.16. The molecule has 8 heteroatoms. The summed E-state index contributed by atoms with van der Waals surface area (Å²) < 4.78 is 0. The zero-order chi connectivity index (χ0) is 11.4. The van der Waals surface area contributed by atoms with Gasteiger partial charge in [0.05, 0.1) is 12.0 Å². The van der Waals surface area contributed by atoms with E-state index >= 15 is 0 Å². The number of H-pyrrole nitrogens is 2. The molecule has 0 radical (unpaired) electrons. The Kier molecular flexibility index (Phi) is 3.21. The third-order valence-electron chi connectivity index (χ3n) is 1.72. The van der Waals surface area contributed by atoms with Crippen molar-refractivity contribution in [2.75, 3.05) is 5.32 Å². The number of nitrogens with one attached hydrogen (secondary N) is 3. The summed E-state index contributed by atoms with van der Waals surface area (Å²) >= 11 is 0. The van der Waals surface area contributed by atoms with Gasteiger partial charge in [-0.2, -0.15) is 0 Å². The highest BCUT2D eigenvalue weighted by Gasteiger charge is 2.10. The molecule has 82 valence electrons. The number of aromatic nitrogens is 3. The molecule has 1 aromatic heterocycles. The number of hydrogen-bond donors (Lipinski definition) is 3. The predicted octanol–water partition coefficient (Wildman–Crippen LogP) is -2.60. The Morgan fingerprint density at radius 2 is 2.27 bits per heavy atom. The lowest BCUT2D eigenvalue weighted by molar-refractivity contribution is -0.306. The normalized spacial score (nSPS) is 12.1. The zero-order valence-electron chi connectivity index (χ0n) is 7.86. The van der Waals surface area contributed by atoms with Crippen LogP contribution in [0.25, 0.3) is 0 Å². The van der Waals surface area contributed by atoms with Crippen LogP contribution in [0.15, 0.2) is 9.59 Å². The van der Waals surface area contributed by atoms with Gasteiger partial charge >= 0.3 is 5.69 Å². The molecular weight excluding hydrogens is 204 g/mol. The SMILES string of the molecule is CC[C@H](Nc1n[nH]c(=O)[nH]c1=O)C(=O)[O-]. The molecule has 1 heterocycles. The summed E-state index contributed by atoms with van der Waals surface area (Å²) in [6.45, 7) is 1.60. The number of rotatable bonds is 4. The van der Waals surface area contributed by atoms with Crippen molar-refractivity contribution < 1.29 is 9.90 Å². The van der Waals surface area contributed by atoms with Gasteiger partial charge in [-0.3, -0.25) is 9.78 Å². The Hall–Kier alpha value is -2.12. The van der Waals surface area contributed by atoms with Gasteiger partial charge in [-0.1, -0.05) is 6.92 Å². The minimum atomic E-state index is -1.34. The number of carbonyl (C=O) groups is 1. The molecule has 0 aliphatic carbocycles. The molecule has 0 bridgehead atoms. The van der Waals surface area contributed by atoms with Crippen LogP contribution in [-0.4, -0.2) is 27.2 Å². The van der Waals surface area contributed by atoms with Crippen LogP contribution in [0.4, 0.5) is 5.82 Å². The number of hydrogen-bond acceptors (Lipinski definition) is 6. The first-order valence-corrected chi connectivity index (χ1v) is 4.21. The second-order valence-electron chi connectivity index (χ2n) is 2.78. The second-order valence-corrected chi connectivity index (χ2v) is 2.78. The molecule has 0 aliphatic rings. The third-order valence-corrected chi connectivity index (χ3v) is 1.72. The molecule has 0 unspecified atom stereocenters. The molecule has 1 aromatic rings. The maximum atomic E-state index is 11.1. The van der Waals surface area contributed by atoms with Crippen molar-refractivity contribution in [1.82, 2.24) is 15.2 Å². The van der Waals surface area contributed by atoms with Crippen molar-refractivity contribution in [3.05, 3.63) is 20.8 Å². The van der Waals surface area contributed by atoms with Crippen LogP contribution in [-0.2, 0) is 4.79 Å². The van der Waals surface area contributed by atoms with E-state index in [0.29, 0.717) is 0 Å². The molecule has 0 aromatic carbocycles. The van der Waals surface area contributed by atoms with Gasteiger partial charge in [-0.15, -0.1) is 5.10 Å². The lowest BCUT2D eigenvalue weighted by atomic mass is 10.2. The van der Waals surface area contributed by atoms with Crippen molar-refractivity contribution in [2.45, 2.75) is 19.4 Å². The number of carboxylic acid groups (broad SMARTS) is 1. The fourth-order valence-corrected chi connectivity index (χ4v) is 0.938. The molecule has 0 saturated heterocycles. The fourth-order valence-electron chi connectivity index (χ4n) is 0.938. The summed E-state index contributed by atoms with van der Waals surface area (Å²) in [5.74, 6) is -1.60. The lowest BCUT2D eigenvalue weighted by Crippen LogP contribution is -2.42. The van der Waals surface area contributed by atoms with Gasteiger partial charge in [0.2, 0.25) is 5.82 Å². The molecule has 0 fully saturated rings. The maximum Gasteiger partial charge on any atom is 0.342 e. The van der Waals surface area contributed by atoms with E-state index in [1.165, 1.54) is 0 Å². The summed E-state index contributed by atoms with van der Waals surface area (Å²) in [5.41, 5.74) is -1.54. The van der Waals surface area contributed by atoms with E-state index in [1.807, 2.05) is 10.1 Å². The zero-order valence-corrected chi connectivity index (χ0v) is 7.86. The molecule has 8 nitrogen and oxygen atoms in total. The standard InChI is InChI=1S/C7H10N4O4/c1-2-3(6(13)14)8-4-5(12)9-7(15)11-10-4/h3H,2H2,1H3,(H,8,10)(H,13,14)(H2,9,11,12,15)/p-1/t3-/m0/s1. The second kappa shape index (κ2) is 4.40. The number of anilines is 1. The third kappa shape index (κ3) is 2.66. The topological polar surface area (TPSA) is 131 Å². The van der Waals surface area contributed by atoms with E-state index in [4.69, 9.17) is 0 Å². The molecule has 0 spiro atoms. The maximum absolute atomic E-state index is 11.1. The Morgan fingerprint density at radius 1 is 1.60 bits per heavy atom. The largest absolute Gasteiger partial charge is 0.548 e. The highest BCUT2D eigenvalue weighted by Crippen LogP contribution is 1.97. The van der Waals surface area contributed by atoms with Gasteiger partial charge in [0.15, 0.2) is 0 Å². The van der Waals surface area contributed by atoms with Crippen molar-refractivity contribution in [1.29, 1.82) is 0 Å². The predicted molar refractivity (Wildman–Crippen MR) is 48.2 cm³/mol. The molecule has 1 rings (SSSR count). The molecule has 0 amide bonds. The van der Waals surface area contributed by atoms with Crippen molar-refractivity contribution in [2.24, 2.45) is 0 Å². The number of aliphatic carboxylic acids is 1. The van der Waals surface area contributed by atoms with Crippen LogP contribution in [0.3, 0.4) is 0 Å². The number of nitrogens with zero attached hydrogens (tertiary/aromatic N) is 1. The summed E-state index contributed by atoms with van der Waals surface area (Å²) in [4.78, 5) is 34.1. The summed E-state index contributed by atoms with van der Waals surface area (Å²) in [7, 11) is 0. The smallest absolute Gasteiger partial charge is 0.342 e. The Balaban J connectivity index is 2.94. The first kappa shape index (κ1) is 11.0. The van der Waals surface area contributed by atoms with Gasteiger partial charge in [-0.25, -0.2) is 9.89 Å². The first-order valence-electron chi connectivity index (χ1n) is 4.21. The summed E-state index contributed by atoms with van der Waals surface area (Å²) in [6.07, 6.45) is 0.225. The van der Waals surface area contributed by atoms with Crippen molar-refractivity contribution in [3.63, 3.8) is 0 Å². The van der Waals surface area contributed by atoms with Crippen LogP contribution in [0.1, 0.15) is 13.3 Å². The fraction of sp³-hybridized carbons (Fsp3) is 0.429. The van der Waals surface area contributed by atoms with Gasteiger partial charge in [0.1, 0.15) is 0 Å². The van der Waals surface area contributed by atoms with Crippen molar-refractivity contribution in [3.8, 4) is 0 Å². The Bertz CT molecular complexity index is 463. The highest BCUT2D eigenvalue weighted by atomic mass is 16.4. The van der Waals surface area contributed by atoms with E-state index < -0.39 is 23.3 Å². The quantitative estimate of drug-likeness (QED) is 0.502. The first-order chi connectivity index (χ1) is 7.04. The summed E-state index contributed by atoms with van der Waals surface area (Å²) in [5, 5.41) is 18.2. The van der Waals surface area contributed by atoms with Crippen LogP contribution in [0.2, 0.25) is 0 Å². The van der Waals surface area contributed by atoms with Gasteiger partial charge in [0.25, 0.3) is 5.56 Å². The minimum absolute atomic E-state index is 0.225. The molecular formula is C7H9N4O4-. The van der Waals surface area contributed by atoms with E-state index in [9.17, 15) is 19.5 Å². The highest BCUT2D eigenvalue weighted by molar-refractivity contribution is 5.74. The van der Waals surface area contributed by atoms with Crippen LogP contribution < -0.4 is 21.7 Å². The van der Waals surface area contributed by atoms with E-state index in [-0.39, 0.29) is 12.2 Å². The number of carbonyl (C=O) groups excluding carboxylic acids is 1. The summed E-state index contributed by atoms with van der Waals surface area (Å²) in [6, 6.07) is -1.02. The van der Waals surface area contributed by atoms with Crippen LogP contribution in [0, 0.1) is 0 Å². The minimum Gasteiger partial charge on any atom is -0.548 e. The van der Waals surface area contributed by atoms with E-state index in [2.05, 4.69) is 10.4 Å². The van der Waals surface area contributed by atoms with Crippen LogP contribution in [0.5, 0.6) is 0 Å². The molecule has 1 atom stereocenters. The van der Waals surface area contributed by atoms with E-state index in [1.54, 1.807) is 6.92 Å². The molecule has 15 heavy (non-hydrogen) atoms. The van der Waals surface area contributed by atoms with Crippen molar-refractivity contribution >= 4 is 11.8 Å². The molecule has 3 N–H and O–H groups in total. The average molecular weight is 213 g/mol. The number of carboxylic acids is 1. The van der Waals surface area contributed by atoms with Crippen LogP contribution >= 0.6 is 0 Å². The Labute approximate surface area is 83.3 Å². The molecule has 0 saturated carbocycles. The monoisotopic (exact) mass is 213 g/mol. The lowest BCUT2D eigenvalue weighted by Gasteiger charge is -2.16. The molecule has 0 aliphatic heterocycles. The number of aromatic amines is 2. The van der Waals surface area contributed by atoms with Gasteiger partial charge in [0, 0.05) is 0 Å². The Morgan fingerprint density at radius 3 is 2.73 bits per heavy atom.